The first-order valence-electron chi connectivity index (χ1n) is 8.09. The van der Waals surface area contributed by atoms with Crippen LogP contribution in [0.25, 0.3) is 0 Å². The van der Waals surface area contributed by atoms with E-state index in [1.165, 1.54) is 0 Å². The van der Waals surface area contributed by atoms with Crippen molar-refractivity contribution in [3.05, 3.63) is 35.9 Å². The first-order chi connectivity index (χ1) is 11.1. The van der Waals surface area contributed by atoms with Gasteiger partial charge in [0.1, 0.15) is 0 Å². The highest BCUT2D eigenvalue weighted by molar-refractivity contribution is 7.84. The molecule has 1 aromatic carbocycles. The molecule has 5 nitrogen and oxygen atoms in total. The number of ether oxygens (including phenoxy) is 1. The van der Waals surface area contributed by atoms with Crippen LogP contribution in [0.4, 0.5) is 0 Å². The second kappa shape index (κ2) is 9.03. The van der Waals surface area contributed by atoms with Crippen LogP contribution in [0.15, 0.2) is 35.3 Å². The van der Waals surface area contributed by atoms with E-state index in [1.54, 1.807) is 7.05 Å². The summed E-state index contributed by atoms with van der Waals surface area (Å²) < 4.78 is 17.8. The molecule has 0 radical (unpaired) electrons. The Balaban J connectivity index is 1.66. The third kappa shape index (κ3) is 6.31. The predicted molar refractivity (Wildman–Crippen MR) is 96.1 cm³/mol. The number of aliphatic imine (C=N–C) groups is 1. The van der Waals surface area contributed by atoms with Crippen LogP contribution in [0.1, 0.15) is 25.3 Å². The molecule has 1 aliphatic heterocycles. The van der Waals surface area contributed by atoms with Gasteiger partial charge in [0.15, 0.2) is 5.96 Å². The van der Waals surface area contributed by atoms with E-state index < -0.39 is 10.8 Å². The summed E-state index contributed by atoms with van der Waals surface area (Å²) in [6.07, 6.45) is 2.18. The average molecular weight is 337 g/mol. The van der Waals surface area contributed by atoms with E-state index in [0.717, 1.165) is 37.5 Å². The average Bonchev–Trinajstić information content (AvgIpc) is 2.98. The van der Waals surface area contributed by atoms with Gasteiger partial charge in [-0.25, -0.2) is 0 Å². The molecule has 2 atom stereocenters. The van der Waals surface area contributed by atoms with Crippen LogP contribution in [0.3, 0.4) is 0 Å². The minimum Gasteiger partial charge on any atom is -0.373 e. The van der Waals surface area contributed by atoms with Gasteiger partial charge in [0.05, 0.1) is 5.60 Å². The van der Waals surface area contributed by atoms with Gasteiger partial charge in [-0.1, -0.05) is 30.3 Å². The summed E-state index contributed by atoms with van der Waals surface area (Å²) >= 11 is 0. The molecular formula is C17H27N3O2S. The van der Waals surface area contributed by atoms with Gasteiger partial charge in [-0.05, 0) is 25.3 Å². The Labute approximate surface area is 141 Å². The molecule has 0 spiro atoms. The molecule has 0 amide bonds. The quantitative estimate of drug-likeness (QED) is 0.587. The lowest BCUT2D eigenvalue weighted by atomic mass is 10.0. The summed E-state index contributed by atoms with van der Waals surface area (Å²) in [5, 5.41) is 6.51. The van der Waals surface area contributed by atoms with Gasteiger partial charge in [-0.3, -0.25) is 9.20 Å². The smallest absolute Gasteiger partial charge is 0.191 e. The minimum absolute atomic E-state index is 0.103. The van der Waals surface area contributed by atoms with Crippen LogP contribution >= 0.6 is 0 Å². The van der Waals surface area contributed by atoms with Crippen molar-refractivity contribution >= 4 is 16.8 Å². The van der Waals surface area contributed by atoms with Crippen molar-refractivity contribution in [2.75, 3.05) is 32.5 Å². The number of nitrogens with zero attached hydrogens (tertiary/aromatic N) is 1. The van der Waals surface area contributed by atoms with Crippen molar-refractivity contribution < 1.29 is 8.95 Å². The normalized spacial score (nSPS) is 22.8. The van der Waals surface area contributed by atoms with Crippen LogP contribution < -0.4 is 10.6 Å². The third-order valence-corrected chi connectivity index (χ3v) is 5.26. The molecule has 23 heavy (non-hydrogen) atoms. The van der Waals surface area contributed by atoms with Gasteiger partial charge in [-0.2, -0.15) is 0 Å². The van der Waals surface area contributed by atoms with E-state index in [2.05, 4.69) is 22.5 Å². The molecule has 0 bridgehead atoms. The van der Waals surface area contributed by atoms with Crippen LogP contribution in [-0.2, 0) is 21.3 Å². The molecule has 0 aromatic heterocycles. The van der Waals surface area contributed by atoms with Gasteiger partial charge in [0, 0.05) is 49.0 Å². The standard InChI is InChI=1S/C17H27N3O2S/c1-17(9-6-11-22-17)14-20-16(18-2)19-10-12-23(21)13-15-7-4-3-5-8-15/h3-5,7-8H,6,9-14H2,1-2H3,(H2,18,19,20). The molecule has 2 rings (SSSR count). The SMILES string of the molecule is CN=C(NCCS(=O)Cc1ccccc1)NCC1(C)CCCO1. The zero-order chi connectivity index (χ0) is 16.5. The summed E-state index contributed by atoms with van der Waals surface area (Å²) in [4.78, 5) is 4.20. The Morgan fingerprint density at radius 1 is 1.35 bits per heavy atom. The molecule has 1 aliphatic rings. The topological polar surface area (TPSA) is 62.7 Å². The Bertz CT molecular complexity index is 528. The second-order valence-electron chi connectivity index (χ2n) is 6.03. The Morgan fingerprint density at radius 3 is 2.78 bits per heavy atom. The van der Waals surface area contributed by atoms with Crippen molar-refractivity contribution in [3.63, 3.8) is 0 Å². The maximum absolute atomic E-state index is 12.1. The van der Waals surface area contributed by atoms with Gasteiger partial charge in [0.2, 0.25) is 0 Å². The van der Waals surface area contributed by atoms with E-state index in [9.17, 15) is 4.21 Å². The molecule has 128 valence electrons. The van der Waals surface area contributed by atoms with Crippen molar-refractivity contribution in [2.45, 2.75) is 31.1 Å². The molecule has 1 aromatic rings. The van der Waals surface area contributed by atoms with Crippen LogP contribution in [-0.4, -0.2) is 48.3 Å². The molecule has 1 fully saturated rings. The first-order valence-corrected chi connectivity index (χ1v) is 9.57. The van der Waals surface area contributed by atoms with E-state index in [0.29, 0.717) is 18.1 Å². The molecule has 1 saturated heterocycles. The molecule has 6 heteroatoms. The lowest BCUT2D eigenvalue weighted by Gasteiger charge is -2.24. The molecule has 2 N–H and O–H groups in total. The number of guanidine groups is 1. The molecular weight excluding hydrogens is 310 g/mol. The fourth-order valence-electron chi connectivity index (χ4n) is 2.58. The lowest BCUT2D eigenvalue weighted by Crippen LogP contribution is -2.46. The van der Waals surface area contributed by atoms with Crippen LogP contribution in [0.5, 0.6) is 0 Å². The predicted octanol–water partition coefficient (Wildman–Crippen LogP) is 1.67. The number of nitrogens with one attached hydrogen (secondary N) is 2. The summed E-state index contributed by atoms with van der Waals surface area (Å²) in [7, 11) is 0.871. The van der Waals surface area contributed by atoms with Crippen LogP contribution in [0.2, 0.25) is 0 Å². The van der Waals surface area contributed by atoms with E-state index >= 15 is 0 Å². The minimum atomic E-state index is -0.874. The van der Waals surface area contributed by atoms with Crippen molar-refractivity contribution in [3.8, 4) is 0 Å². The Hall–Kier alpha value is -1.40. The number of rotatable bonds is 7. The largest absolute Gasteiger partial charge is 0.373 e. The van der Waals surface area contributed by atoms with E-state index in [4.69, 9.17) is 4.74 Å². The fraction of sp³-hybridized carbons (Fsp3) is 0.588. The highest BCUT2D eigenvalue weighted by atomic mass is 32.2. The second-order valence-corrected chi connectivity index (χ2v) is 7.60. The van der Waals surface area contributed by atoms with Crippen molar-refractivity contribution in [2.24, 2.45) is 4.99 Å². The van der Waals surface area contributed by atoms with Crippen molar-refractivity contribution in [1.82, 2.24) is 10.6 Å². The molecule has 0 aliphatic carbocycles. The molecule has 2 unspecified atom stereocenters. The zero-order valence-electron chi connectivity index (χ0n) is 14.0. The highest BCUT2D eigenvalue weighted by Crippen LogP contribution is 2.23. The monoisotopic (exact) mass is 337 g/mol. The Morgan fingerprint density at radius 2 is 2.13 bits per heavy atom. The van der Waals surface area contributed by atoms with Gasteiger partial charge in [0.25, 0.3) is 0 Å². The number of hydrogen-bond donors (Lipinski definition) is 2. The van der Waals surface area contributed by atoms with E-state index in [-0.39, 0.29) is 5.60 Å². The highest BCUT2D eigenvalue weighted by Gasteiger charge is 2.29. The maximum atomic E-state index is 12.1. The summed E-state index contributed by atoms with van der Waals surface area (Å²) in [6, 6.07) is 9.94. The molecule has 1 heterocycles. The fourth-order valence-corrected chi connectivity index (χ4v) is 3.62. The Kier molecular flexibility index (Phi) is 7.05. The first kappa shape index (κ1) is 17.9. The van der Waals surface area contributed by atoms with Gasteiger partial charge >= 0.3 is 0 Å². The third-order valence-electron chi connectivity index (χ3n) is 3.95. The van der Waals surface area contributed by atoms with Crippen molar-refractivity contribution in [1.29, 1.82) is 0 Å². The van der Waals surface area contributed by atoms with Crippen LogP contribution in [0, 0.1) is 0 Å². The summed E-state index contributed by atoms with van der Waals surface area (Å²) in [5.74, 6) is 1.93. The summed E-state index contributed by atoms with van der Waals surface area (Å²) in [6.45, 7) is 4.33. The molecule has 0 saturated carbocycles. The van der Waals surface area contributed by atoms with Gasteiger partial charge in [-0.15, -0.1) is 0 Å². The summed E-state index contributed by atoms with van der Waals surface area (Å²) in [5.41, 5.74) is 1.01. The number of benzene rings is 1. The maximum Gasteiger partial charge on any atom is 0.191 e. The number of hydrogen-bond acceptors (Lipinski definition) is 3. The lowest BCUT2D eigenvalue weighted by molar-refractivity contribution is 0.0243. The zero-order valence-corrected chi connectivity index (χ0v) is 14.8. The van der Waals surface area contributed by atoms with Gasteiger partial charge < -0.3 is 15.4 Å². The van der Waals surface area contributed by atoms with E-state index in [1.807, 2.05) is 30.3 Å².